The number of benzene rings is 2. The number of halogens is 3. The van der Waals surface area contributed by atoms with Gasteiger partial charge < -0.3 is 15.5 Å². The van der Waals surface area contributed by atoms with Crippen molar-refractivity contribution in [3.8, 4) is 0 Å². The van der Waals surface area contributed by atoms with Crippen LogP contribution in [-0.4, -0.2) is 35.7 Å². The van der Waals surface area contributed by atoms with Crippen LogP contribution in [0, 0.1) is 18.8 Å². The molecule has 1 unspecified atom stereocenters. The van der Waals surface area contributed by atoms with E-state index in [0.29, 0.717) is 37.7 Å². The molecule has 8 heteroatoms. The van der Waals surface area contributed by atoms with Crippen molar-refractivity contribution in [2.75, 3.05) is 23.7 Å². The molecular formula is C34H36F3N3O2. The Kier molecular flexibility index (Phi) is 7.73. The summed E-state index contributed by atoms with van der Waals surface area (Å²) in [5, 5.41) is 6.39. The molecule has 42 heavy (non-hydrogen) atoms. The predicted molar refractivity (Wildman–Crippen MR) is 158 cm³/mol. The number of carbonyl (C=O) groups excluding carboxylic acids is 2. The summed E-state index contributed by atoms with van der Waals surface area (Å²) in [6, 6.07) is 12.5. The van der Waals surface area contributed by atoms with Crippen LogP contribution in [0.3, 0.4) is 0 Å². The molecule has 0 radical (unpaired) electrons. The van der Waals surface area contributed by atoms with Crippen molar-refractivity contribution in [2.45, 2.75) is 63.6 Å². The molecule has 2 heterocycles. The number of allylic oxidation sites excluding steroid dienone is 3. The summed E-state index contributed by atoms with van der Waals surface area (Å²) < 4.78 is 40.7. The molecule has 0 saturated heterocycles. The third kappa shape index (κ3) is 5.76. The van der Waals surface area contributed by atoms with Crippen molar-refractivity contribution in [3.05, 3.63) is 94.7 Å². The summed E-state index contributed by atoms with van der Waals surface area (Å²) in [6.45, 7) is 2.76. The summed E-state index contributed by atoms with van der Waals surface area (Å²) in [5.74, 6) is -1.22. The standard InChI is InChI=1S/C34H36F3N3O2/c1-21-9-13-26(18-29(21)34(35,36)37)39-33(42)27-16-12-23-20-40-17-5-4-8-30(40)31(41)19-28(23)32(27)22-10-14-25(15-11-22)38-24-6-2-3-7-24/h4-5,8-11,13-15,18-19,23-24,27,32,38H,2-3,6-7,12,16-17,20H2,1H3,(H,39,42)/t23?,27-,32-/m0/s1. The summed E-state index contributed by atoms with van der Waals surface area (Å²) >= 11 is 0. The molecule has 0 aromatic heterocycles. The van der Waals surface area contributed by atoms with E-state index in [1.54, 1.807) is 6.08 Å². The summed E-state index contributed by atoms with van der Waals surface area (Å²) in [7, 11) is 0. The average Bonchev–Trinajstić information content (AvgIpc) is 3.42. The zero-order valence-electron chi connectivity index (χ0n) is 23.7. The summed E-state index contributed by atoms with van der Waals surface area (Å²) in [4.78, 5) is 29.4. The molecule has 2 aliphatic carbocycles. The van der Waals surface area contributed by atoms with Gasteiger partial charge in [-0.15, -0.1) is 0 Å². The van der Waals surface area contributed by atoms with Gasteiger partial charge in [0.25, 0.3) is 0 Å². The van der Waals surface area contributed by atoms with Gasteiger partial charge >= 0.3 is 6.18 Å². The van der Waals surface area contributed by atoms with E-state index in [2.05, 4.69) is 15.5 Å². The number of carbonyl (C=O) groups is 2. The fourth-order valence-electron chi connectivity index (χ4n) is 7.10. The van der Waals surface area contributed by atoms with Crippen molar-refractivity contribution >= 4 is 23.1 Å². The first kappa shape index (κ1) is 28.3. The number of alkyl halides is 3. The van der Waals surface area contributed by atoms with Gasteiger partial charge in [-0.25, -0.2) is 0 Å². The van der Waals surface area contributed by atoms with Crippen LogP contribution >= 0.6 is 0 Å². The van der Waals surface area contributed by atoms with Crippen LogP contribution in [0.2, 0.25) is 0 Å². The van der Waals surface area contributed by atoms with Gasteiger partial charge in [0.15, 0.2) is 0 Å². The molecule has 2 fully saturated rings. The van der Waals surface area contributed by atoms with E-state index in [9.17, 15) is 22.8 Å². The molecule has 2 saturated carbocycles. The Hall–Kier alpha value is -3.81. The van der Waals surface area contributed by atoms with Crippen LogP contribution in [-0.2, 0) is 15.8 Å². The lowest BCUT2D eigenvalue weighted by atomic mass is 9.67. The van der Waals surface area contributed by atoms with Gasteiger partial charge in [-0.1, -0.05) is 48.8 Å². The van der Waals surface area contributed by atoms with E-state index >= 15 is 0 Å². The second-order valence-corrected chi connectivity index (χ2v) is 12.0. The second kappa shape index (κ2) is 11.5. The van der Waals surface area contributed by atoms with E-state index in [1.165, 1.54) is 31.9 Å². The van der Waals surface area contributed by atoms with E-state index in [0.717, 1.165) is 35.7 Å². The normalized spacial score (nSPS) is 24.3. The number of amides is 1. The number of nitrogens with one attached hydrogen (secondary N) is 2. The smallest absolute Gasteiger partial charge is 0.382 e. The van der Waals surface area contributed by atoms with Gasteiger partial charge in [0.05, 0.1) is 11.3 Å². The lowest BCUT2D eigenvalue weighted by Gasteiger charge is -2.39. The molecule has 5 nitrogen and oxygen atoms in total. The Morgan fingerprint density at radius 2 is 1.71 bits per heavy atom. The third-order valence-corrected chi connectivity index (χ3v) is 9.25. The molecule has 2 aromatic rings. The van der Waals surface area contributed by atoms with E-state index in [1.807, 2.05) is 42.5 Å². The highest BCUT2D eigenvalue weighted by atomic mass is 19.4. The van der Waals surface area contributed by atoms with Gasteiger partial charge in [0, 0.05) is 42.3 Å². The van der Waals surface area contributed by atoms with Crippen LogP contribution < -0.4 is 10.6 Å². The van der Waals surface area contributed by atoms with Gasteiger partial charge in [-0.2, -0.15) is 13.2 Å². The minimum Gasteiger partial charge on any atom is -0.382 e. The fraction of sp³-hybridized carbons (Fsp3) is 0.412. The Morgan fingerprint density at radius 3 is 2.45 bits per heavy atom. The Bertz CT molecular complexity index is 1450. The van der Waals surface area contributed by atoms with E-state index in [-0.39, 0.29) is 34.8 Å². The quantitative estimate of drug-likeness (QED) is 0.391. The van der Waals surface area contributed by atoms with Crippen molar-refractivity contribution in [3.63, 3.8) is 0 Å². The van der Waals surface area contributed by atoms with Gasteiger partial charge in [-0.3, -0.25) is 9.59 Å². The van der Waals surface area contributed by atoms with Crippen molar-refractivity contribution in [1.82, 2.24) is 4.90 Å². The van der Waals surface area contributed by atoms with Crippen LogP contribution in [0.5, 0.6) is 0 Å². The number of aryl methyl sites for hydroxylation is 1. The summed E-state index contributed by atoms with van der Waals surface area (Å²) in [5.41, 5.74) is 3.01. The number of hydrogen-bond acceptors (Lipinski definition) is 4. The highest BCUT2D eigenvalue weighted by Gasteiger charge is 2.42. The van der Waals surface area contributed by atoms with Crippen LogP contribution in [0.25, 0.3) is 0 Å². The topological polar surface area (TPSA) is 61.4 Å². The Labute approximate surface area is 244 Å². The number of nitrogens with zero attached hydrogens (tertiary/aromatic N) is 1. The maximum atomic E-state index is 13.8. The first-order valence-electron chi connectivity index (χ1n) is 14.9. The third-order valence-electron chi connectivity index (χ3n) is 9.25. The SMILES string of the molecule is Cc1ccc(NC(=O)[C@H]2CCC3CN4CC=CC=C4C(=O)C=C3[C@H]2c2ccc(NC3CCCC3)cc2)cc1C(F)(F)F. The van der Waals surface area contributed by atoms with Crippen LogP contribution in [0.1, 0.15) is 61.1 Å². The molecule has 0 bridgehead atoms. The fourth-order valence-corrected chi connectivity index (χ4v) is 7.10. The molecular weight excluding hydrogens is 539 g/mol. The molecule has 220 valence electrons. The van der Waals surface area contributed by atoms with E-state index in [4.69, 9.17) is 0 Å². The monoisotopic (exact) mass is 575 g/mol. The van der Waals surface area contributed by atoms with Gasteiger partial charge in [0.1, 0.15) is 0 Å². The van der Waals surface area contributed by atoms with E-state index < -0.39 is 17.7 Å². The number of hydrogen-bond donors (Lipinski definition) is 2. The van der Waals surface area contributed by atoms with Crippen molar-refractivity contribution in [2.24, 2.45) is 11.8 Å². The van der Waals surface area contributed by atoms with Crippen molar-refractivity contribution in [1.29, 1.82) is 0 Å². The molecule has 2 aromatic carbocycles. The highest BCUT2D eigenvalue weighted by Crippen LogP contribution is 2.47. The molecule has 1 amide bonds. The average molecular weight is 576 g/mol. The molecule has 2 N–H and O–H groups in total. The Balaban J connectivity index is 1.33. The molecule has 0 spiro atoms. The minimum atomic E-state index is -4.51. The maximum Gasteiger partial charge on any atom is 0.416 e. The second-order valence-electron chi connectivity index (χ2n) is 12.0. The first-order valence-corrected chi connectivity index (χ1v) is 14.9. The van der Waals surface area contributed by atoms with Crippen LogP contribution in [0.4, 0.5) is 24.5 Å². The minimum absolute atomic E-state index is 0.0734. The first-order chi connectivity index (χ1) is 20.2. The lowest BCUT2D eigenvalue weighted by Crippen LogP contribution is -2.38. The lowest BCUT2D eigenvalue weighted by molar-refractivity contribution is -0.138. The van der Waals surface area contributed by atoms with Gasteiger partial charge in [0.2, 0.25) is 11.7 Å². The molecule has 2 aliphatic heterocycles. The molecule has 3 atom stereocenters. The highest BCUT2D eigenvalue weighted by molar-refractivity contribution is 6.05. The Morgan fingerprint density at radius 1 is 0.976 bits per heavy atom. The molecule has 6 rings (SSSR count). The van der Waals surface area contributed by atoms with Crippen LogP contribution in [0.15, 0.2) is 78.0 Å². The van der Waals surface area contributed by atoms with Gasteiger partial charge in [-0.05, 0) is 86.1 Å². The largest absolute Gasteiger partial charge is 0.416 e. The number of ketones is 1. The number of rotatable bonds is 5. The molecule has 4 aliphatic rings. The maximum absolute atomic E-state index is 13.8. The summed E-state index contributed by atoms with van der Waals surface area (Å²) in [6.07, 6.45) is 9.03. The van der Waals surface area contributed by atoms with Crippen molar-refractivity contribution < 1.29 is 22.8 Å². The zero-order valence-corrected chi connectivity index (χ0v) is 23.7. The zero-order chi connectivity index (χ0) is 29.4. The number of anilines is 2. The number of fused-ring (bicyclic) bond motifs is 2. The predicted octanol–water partition coefficient (Wildman–Crippen LogP) is 7.38.